The number of anilines is 1. The Balaban J connectivity index is 1.53. The number of para-hydroxylation sites is 1. The Kier molecular flexibility index (Phi) is 6.21. The smallest absolute Gasteiger partial charge is 0.256 e. The van der Waals surface area contributed by atoms with E-state index < -0.39 is 12.1 Å². The Hall–Kier alpha value is -2.63. The van der Waals surface area contributed by atoms with Crippen molar-refractivity contribution >= 4 is 23.4 Å². The normalized spacial score (nSPS) is 22.6. The molecule has 6 nitrogen and oxygen atoms in total. The third-order valence-electron chi connectivity index (χ3n) is 6.58. The van der Waals surface area contributed by atoms with Crippen LogP contribution in [0.25, 0.3) is 0 Å². The Morgan fingerprint density at radius 2 is 2.00 bits per heavy atom. The number of nitrogens with one attached hydrogen (secondary N) is 1. The summed E-state index contributed by atoms with van der Waals surface area (Å²) in [5, 5.41) is 3.01. The van der Waals surface area contributed by atoms with Crippen LogP contribution >= 0.6 is 0 Å². The molecule has 0 bridgehead atoms. The number of carbonyl (C=O) groups is 3. The van der Waals surface area contributed by atoms with Crippen molar-refractivity contribution in [2.75, 3.05) is 18.0 Å². The van der Waals surface area contributed by atoms with Crippen LogP contribution in [0.3, 0.4) is 0 Å². The monoisotopic (exact) mass is 409 g/mol. The quantitative estimate of drug-likeness (QED) is 0.758. The highest BCUT2D eigenvalue weighted by Gasteiger charge is 2.43. The molecule has 4 rings (SSSR count). The van der Waals surface area contributed by atoms with Gasteiger partial charge in [-0.1, -0.05) is 23.8 Å². The zero-order valence-corrected chi connectivity index (χ0v) is 17.7. The number of carbonyl (C=O) groups excluding carboxylic acids is 3. The van der Waals surface area contributed by atoms with E-state index in [4.69, 9.17) is 0 Å². The zero-order chi connectivity index (χ0) is 21.1. The third kappa shape index (κ3) is 4.00. The molecule has 3 amide bonds. The molecule has 6 heteroatoms. The van der Waals surface area contributed by atoms with Crippen LogP contribution in [0.5, 0.6) is 0 Å². The van der Waals surface area contributed by atoms with E-state index in [0.29, 0.717) is 30.8 Å². The molecule has 0 spiro atoms. The Morgan fingerprint density at radius 1 is 1.17 bits per heavy atom. The number of hydrogen-bond donors (Lipinski definition) is 1. The molecule has 2 heterocycles. The summed E-state index contributed by atoms with van der Waals surface area (Å²) in [6.07, 6.45) is 10.3. The molecular weight excluding hydrogens is 378 g/mol. The highest BCUT2D eigenvalue weighted by molar-refractivity contribution is 6.13. The highest BCUT2D eigenvalue weighted by atomic mass is 16.2. The van der Waals surface area contributed by atoms with E-state index in [2.05, 4.69) is 11.4 Å². The topological polar surface area (TPSA) is 69.7 Å². The van der Waals surface area contributed by atoms with Gasteiger partial charge in [-0.2, -0.15) is 0 Å². The van der Waals surface area contributed by atoms with Gasteiger partial charge in [0.25, 0.3) is 11.8 Å². The Bertz CT molecular complexity index is 863. The van der Waals surface area contributed by atoms with Crippen LogP contribution in [0, 0.1) is 0 Å². The lowest BCUT2D eigenvalue weighted by atomic mass is 9.97. The van der Waals surface area contributed by atoms with Gasteiger partial charge in [0.2, 0.25) is 5.91 Å². The van der Waals surface area contributed by atoms with Gasteiger partial charge in [-0.3, -0.25) is 19.3 Å². The fourth-order valence-electron chi connectivity index (χ4n) is 4.87. The largest absolute Gasteiger partial charge is 0.354 e. The molecule has 1 aromatic carbocycles. The molecule has 3 aliphatic rings. The van der Waals surface area contributed by atoms with Crippen molar-refractivity contribution in [2.45, 2.75) is 70.4 Å². The Morgan fingerprint density at radius 3 is 2.80 bits per heavy atom. The van der Waals surface area contributed by atoms with E-state index in [1.54, 1.807) is 28.9 Å². The number of amides is 3. The molecule has 1 aromatic rings. The SMILES string of the molecule is CC(C(=O)NCCC1=CCCCC1)N1C(=O)C2CCCCN2C(=O)c2ccccc21. The number of rotatable bonds is 5. The van der Waals surface area contributed by atoms with Crippen molar-refractivity contribution in [2.24, 2.45) is 0 Å². The summed E-state index contributed by atoms with van der Waals surface area (Å²) in [7, 11) is 0. The van der Waals surface area contributed by atoms with E-state index in [1.165, 1.54) is 18.4 Å². The van der Waals surface area contributed by atoms with Gasteiger partial charge in [0.1, 0.15) is 12.1 Å². The van der Waals surface area contributed by atoms with Crippen molar-refractivity contribution in [1.82, 2.24) is 10.2 Å². The second-order valence-corrected chi connectivity index (χ2v) is 8.56. The fourth-order valence-corrected chi connectivity index (χ4v) is 4.87. The summed E-state index contributed by atoms with van der Waals surface area (Å²) in [6, 6.07) is 6.01. The maximum absolute atomic E-state index is 13.5. The minimum atomic E-state index is -0.673. The maximum Gasteiger partial charge on any atom is 0.256 e. The molecule has 160 valence electrons. The summed E-state index contributed by atoms with van der Waals surface area (Å²) in [5.74, 6) is -0.431. The van der Waals surface area contributed by atoms with E-state index in [9.17, 15) is 14.4 Å². The minimum Gasteiger partial charge on any atom is -0.354 e. The number of allylic oxidation sites excluding steroid dienone is 1. The molecule has 0 aromatic heterocycles. The van der Waals surface area contributed by atoms with Crippen molar-refractivity contribution in [3.63, 3.8) is 0 Å². The molecule has 2 atom stereocenters. The van der Waals surface area contributed by atoms with E-state index in [1.807, 2.05) is 12.1 Å². The van der Waals surface area contributed by atoms with Crippen LogP contribution in [0.15, 0.2) is 35.9 Å². The van der Waals surface area contributed by atoms with E-state index in [0.717, 1.165) is 32.1 Å². The van der Waals surface area contributed by atoms with Gasteiger partial charge in [-0.25, -0.2) is 0 Å². The highest BCUT2D eigenvalue weighted by Crippen LogP contribution is 2.33. The predicted molar refractivity (Wildman–Crippen MR) is 116 cm³/mol. The molecule has 30 heavy (non-hydrogen) atoms. The first-order chi connectivity index (χ1) is 14.6. The zero-order valence-electron chi connectivity index (χ0n) is 17.7. The van der Waals surface area contributed by atoms with Gasteiger partial charge >= 0.3 is 0 Å². The number of nitrogens with zero attached hydrogens (tertiary/aromatic N) is 2. The van der Waals surface area contributed by atoms with Crippen LogP contribution in [0.4, 0.5) is 5.69 Å². The molecule has 1 saturated heterocycles. The van der Waals surface area contributed by atoms with Crippen molar-refractivity contribution in [3.8, 4) is 0 Å². The lowest BCUT2D eigenvalue weighted by Crippen LogP contribution is -2.55. The third-order valence-corrected chi connectivity index (χ3v) is 6.58. The number of fused-ring (bicyclic) bond motifs is 2. The van der Waals surface area contributed by atoms with Crippen LogP contribution < -0.4 is 10.2 Å². The Labute approximate surface area is 178 Å². The molecule has 1 aliphatic carbocycles. The van der Waals surface area contributed by atoms with Crippen LogP contribution in [-0.2, 0) is 9.59 Å². The van der Waals surface area contributed by atoms with Gasteiger partial charge in [-0.05, 0) is 70.4 Å². The average molecular weight is 410 g/mol. The first-order valence-electron chi connectivity index (χ1n) is 11.3. The van der Waals surface area contributed by atoms with E-state index in [-0.39, 0.29) is 17.7 Å². The fraction of sp³-hybridized carbons (Fsp3) is 0.542. The summed E-state index contributed by atoms with van der Waals surface area (Å²) in [6.45, 7) is 2.92. The summed E-state index contributed by atoms with van der Waals surface area (Å²) in [4.78, 5) is 42.9. The van der Waals surface area contributed by atoms with Crippen LogP contribution in [0.2, 0.25) is 0 Å². The molecule has 0 saturated carbocycles. The predicted octanol–water partition coefficient (Wildman–Crippen LogP) is 3.42. The lowest BCUT2D eigenvalue weighted by molar-refractivity contribution is -0.128. The van der Waals surface area contributed by atoms with Crippen molar-refractivity contribution in [3.05, 3.63) is 41.5 Å². The number of piperidine rings is 1. The molecule has 1 N–H and O–H groups in total. The molecule has 2 aliphatic heterocycles. The van der Waals surface area contributed by atoms with Gasteiger partial charge in [0, 0.05) is 13.1 Å². The van der Waals surface area contributed by atoms with E-state index >= 15 is 0 Å². The average Bonchev–Trinajstić information content (AvgIpc) is 2.88. The molecule has 0 radical (unpaired) electrons. The summed E-state index contributed by atoms with van der Waals surface area (Å²) < 4.78 is 0. The second-order valence-electron chi connectivity index (χ2n) is 8.56. The van der Waals surface area contributed by atoms with Gasteiger partial charge < -0.3 is 10.2 Å². The van der Waals surface area contributed by atoms with Crippen LogP contribution in [-0.4, -0.2) is 47.8 Å². The maximum atomic E-state index is 13.5. The van der Waals surface area contributed by atoms with Gasteiger partial charge in [0.05, 0.1) is 11.3 Å². The second kappa shape index (κ2) is 9.02. The summed E-state index contributed by atoms with van der Waals surface area (Å²) >= 11 is 0. The van der Waals surface area contributed by atoms with Crippen LogP contribution in [0.1, 0.15) is 68.6 Å². The van der Waals surface area contributed by atoms with Gasteiger partial charge in [0.15, 0.2) is 0 Å². The van der Waals surface area contributed by atoms with Crippen molar-refractivity contribution < 1.29 is 14.4 Å². The molecule has 1 fully saturated rings. The first-order valence-corrected chi connectivity index (χ1v) is 11.3. The lowest BCUT2D eigenvalue weighted by Gasteiger charge is -2.35. The number of hydrogen-bond acceptors (Lipinski definition) is 3. The summed E-state index contributed by atoms with van der Waals surface area (Å²) in [5.41, 5.74) is 2.45. The molecular formula is C24H31N3O3. The standard InChI is InChI=1S/C24H31N3O3/c1-17(22(28)25-15-14-18-9-3-2-4-10-18)27-20-12-6-5-11-19(20)23(29)26-16-8-7-13-21(26)24(27)30/h5-6,9,11-12,17,21H,2-4,7-8,10,13-16H2,1H3,(H,25,28). The minimum absolute atomic E-state index is 0.108. The van der Waals surface area contributed by atoms with Crippen molar-refractivity contribution in [1.29, 1.82) is 0 Å². The first kappa shape index (κ1) is 20.6. The number of benzene rings is 1. The molecule has 2 unspecified atom stereocenters. The van der Waals surface area contributed by atoms with Gasteiger partial charge in [-0.15, -0.1) is 0 Å².